The van der Waals surface area contributed by atoms with Gasteiger partial charge in [-0.3, -0.25) is 4.79 Å². The van der Waals surface area contributed by atoms with Crippen LogP contribution >= 0.6 is 0 Å². The highest BCUT2D eigenvalue weighted by atomic mass is 16.4. The van der Waals surface area contributed by atoms with Gasteiger partial charge in [-0.25, -0.2) is 4.79 Å². The molecule has 6 heteroatoms. The van der Waals surface area contributed by atoms with Crippen LogP contribution in [0.3, 0.4) is 0 Å². The number of hydrogen-bond donors (Lipinski definition) is 4. The lowest BCUT2D eigenvalue weighted by Crippen LogP contribution is -2.44. The van der Waals surface area contributed by atoms with E-state index in [4.69, 9.17) is 10.8 Å². The van der Waals surface area contributed by atoms with E-state index >= 15 is 0 Å². The molecule has 1 saturated carbocycles. The molecule has 0 spiro atoms. The Morgan fingerprint density at radius 1 is 1.33 bits per heavy atom. The second-order valence-corrected chi connectivity index (χ2v) is 4.94. The molecule has 0 radical (unpaired) electrons. The number of urea groups is 1. The molecule has 5 N–H and O–H groups in total. The SMILES string of the molecule is CCCNC(=O)NC1CC(N)CCC(C(=O)O)C1. The Kier molecular flexibility index (Phi) is 5.91. The molecular formula is C12H23N3O3. The number of amides is 2. The summed E-state index contributed by atoms with van der Waals surface area (Å²) in [6.07, 6.45) is 3.26. The Bertz CT molecular complexity index is 296. The number of nitrogens with two attached hydrogens (primary N) is 1. The maximum absolute atomic E-state index is 11.6. The third kappa shape index (κ3) is 4.91. The van der Waals surface area contributed by atoms with Gasteiger partial charge in [-0.1, -0.05) is 6.92 Å². The Morgan fingerprint density at radius 2 is 2.06 bits per heavy atom. The minimum atomic E-state index is -0.801. The Morgan fingerprint density at radius 3 is 2.67 bits per heavy atom. The molecule has 0 bridgehead atoms. The van der Waals surface area contributed by atoms with Crippen LogP contribution in [0, 0.1) is 5.92 Å². The molecule has 1 rings (SSSR count). The number of rotatable bonds is 4. The first-order valence-corrected chi connectivity index (χ1v) is 6.55. The van der Waals surface area contributed by atoms with Crippen molar-refractivity contribution in [1.29, 1.82) is 0 Å². The van der Waals surface area contributed by atoms with Crippen molar-refractivity contribution in [3.05, 3.63) is 0 Å². The van der Waals surface area contributed by atoms with Gasteiger partial charge in [-0.05, 0) is 32.1 Å². The average molecular weight is 257 g/mol. The molecule has 0 aromatic heterocycles. The summed E-state index contributed by atoms with van der Waals surface area (Å²) in [6, 6.07) is -0.425. The quantitative estimate of drug-likeness (QED) is 0.555. The van der Waals surface area contributed by atoms with Crippen molar-refractivity contribution in [3.63, 3.8) is 0 Å². The summed E-state index contributed by atoms with van der Waals surface area (Å²) in [5.74, 6) is -1.21. The van der Waals surface area contributed by atoms with Crippen LogP contribution in [-0.2, 0) is 4.79 Å². The van der Waals surface area contributed by atoms with Gasteiger partial charge in [-0.2, -0.15) is 0 Å². The molecular weight excluding hydrogens is 234 g/mol. The lowest BCUT2D eigenvalue weighted by molar-refractivity contribution is -0.142. The highest BCUT2D eigenvalue weighted by molar-refractivity contribution is 5.74. The van der Waals surface area contributed by atoms with Crippen molar-refractivity contribution in [2.24, 2.45) is 11.7 Å². The Labute approximate surface area is 107 Å². The minimum absolute atomic E-state index is 0.0363. The number of carboxylic acids is 1. The molecule has 1 aliphatic rings. The summed E-state index contributed by atoms with van der Waals surface area (Å²) in [5, 5.41) is 14.6. The Balaban J connectivity index is 2.50. The molecule has 0 saturated heterocycles. The summed E-state index contributed by atoms with van der Waals surface area (Å²) < 4.78 is 0. The van der Waals surface area contributed by atoms with Gasteiger partial charge < -0.3 is 21.5 Å². The molecule has 1 fully saturated rings. The molecule has 0 aromatic rings. The van der Waals surface area contributed by atoms with E-state index in [1.54, 1.807) is 0 Å². The van der Waals surface area contributed by atoms with Crippen molar-refractivity contribution >= 4 is 12.0 Å². The van der Waals surface area contributed by atoms with Crippen LogP contribution in [0.1, 0.15) is 39.0 Å². The summed E-state index contributed by atoms with van der Waals surface area (Å²) in [4.78, 5) is 22.6. The minimum Gasteiger partial charge on any atom is -0.481 e. The van der Waals surface area contributed by atoms with Crippen LogP contribution in [0.25, 0.3) is 0 Å². The van der Waals surface area contributed by atoms with Crippen LogP contribution in [0.5, 0.6) is 0 Å². The molecule has 2 amide bonds. The number of carbonyl (C=O) groups is 2. The molecule has 0 heterocycles. The van der Waals surface area contributed by atoms with E-state index in [-0.39, 0.29) is 18.1 Å². The van der Waals surface area contributed by atoms with Gasteiger partial charge in [0.05, 0.1) is 5.92 Å². The third-order valence-electron chi connectivity index (χ3n) is 3.26. The first kappa shape index (κ1) is 14.8. The summed E-state index contributed by atoms with van der Waals surface area (Å²) >= 11 is 0. The van der Waals surface area contributed by atoms with Gasteiger partial charge in [0.15, 0.2) is 0 Å². The van der Waals surface area contributed by atoms with E-state index in [2.05, 4.69) is 10.6 Å². The summed E-state index contributed by atoms with van der Waals surface area (Å²) in [5.41, 5.74) is 5.90. The Hall–Kier alpha value is -1.30. The maximum atomic E-state index is 11.6. The van der Waals surface area contributed by atoms with Crippen molar-refractivity contribution in [3.8, 4) is 0 Å². The van der Waals surface area contributed by atoms with Gasteiger partial charge in [0.1, 0.15) is 0 Å². The van der Waals surface area contributed by atoms with Gasteiger partial charge in [0, 0.05) is 18.6 Å². The van der Waals surface area contributed by atoms with Gasteiger partial charge >= 0.3 is 12.0 Å². The van der Waals surface area contributed by atoms with E-state index in [1.165, 1.54) is 0 Å². The van der Waals surface area contributed by atoms with E-state index in [1.807, 2.05) is 6.92 Å². The summed E-state index contributed by atoms with van der Waals surface area (Å²) in [7, 11) is 0. The number of carboxylic acid groups (broad SMARTS) is 1. The van der Waals surface area contributed by atoms with Crippen LogP contribution < -0.4 is 16.4 Å². The normalized spacial score (nSPS) is 28.2. The van der Waals surface area contributed by atoms with Crippen molar-refractivity contribution in [2.45, 2.75) is 51.1 Å². The molecule has 18 heavy (non-hydrogen) atoms. The second kappa shape index (κ2) is 7.20. The van der Waals surface area contributed by atoms with E-state index in [0.29, 0.717) is 32.2 Å². The fraction of sp³-hybridized carbons (Fsp3) is 0.833. The van der Waals surface area contributed by atoms with Crippen molar-refractivity contribution in [2.75, 3.05) is 6.54 Å². The second-order valence-electron chi connectivity index (χ2n) is 4.94. The molecule has 3 atom stereocenters. The van der Waals surface area contributed by atoms with Gasteiger partial charge in [0.2, 0.25) is 0 Å². The fourth-order valence-electron chi connectivity index (χ4n) is 2.27. The smallest absolute Gasteiger partial charge is 0.315 e. The van der Waals surface area contributed by atoms with Crippen molar-refractivity contribution in [1.82, 2.24) is 10.6 Å². The summed E-state index contributed by atoms with van der Waals surface area (Å²) in [6.45, 7) is 2.59. The fourth-order valence-corrected chi connectivity index (χ4v) is 2.27. The number of aliphatic carboxylic acids is 1. The average Bonchev–Trinajstić information content (AvgIpc) is 2.48. The standard InChI is InChI=1S/C12H23N3O3/c1-2-5-14-12(18)15-10-6-8(11(16)17)3-4-9(13)7-10/h8-10H,2-7,13H2,1H3,(H,16,17)(H2,14,15,18). The number of nitrogens with one attached hydrogen (secondary N) is 2. The number of carbonyl (C=O) groups excluding carboxylic acids is 1. The van der Waals surface area contributed by atoms with E-state index in [9.17, 15) is 9.59 Å². The first-order valence-electron chi connectivity index (χ1n) is 6.55. The van der Waals surface area contributed by atoms with Gasteiger partial charge in [0.25, 0.3) is 0 Å². The number of hydrogen-bond acceptors (Lipinski definition) is 3. The molecule has 6 nitrogen and oxygen atoms in total. The molecule has 0 aromatic carbocycles. The zero-order valence-corrected chi connectivity index (χ0v) is 10.8. The monoisotopic (exact) mass is 257 g/mol. The zero-order valence-electron chi connectivity index (χ0n) is 10.8. The highest BCUT2D eigenvalue weighted by Gasteiger charge is 2.28. The lowest BCUT2D eigenvalue weighted by Gasteiger charge is -2.20. The van der Waals surface area contributed by atoms with E-state index < -0.39 is 11.9 Å². The maximum Gasteiger partial charge on any atom is 0.315 e. The topological polar surface area (TPSA) is 104 Å². The molecule has 3 unspecified atom stereocenters. The third-order valence-corrected chi connectivity index (χ3v) is 3.26. The lowest BCUT2D eigenvalue weighted by atomic mass is 9.98. The first-order chi connectivity index (χ1) is 8.52. The van der Waals surface area contributed by atoms with Gasteiger partial charge in [-0.15, -0.1) is 0 Å². The molecule has 1 aliphatic carbocycles. The van der Waals surface area contributed by atoms with E-state index in [0.717, 1.165) is 6.42 Å². The molecule has 104 valence electrons. The van der Waals surface area contributed by atoms with Crippen molar-refractivity contribution < 1.29 is 14.7 Å². The largest absolute Gasteiger partial charge is 0.481 e. The van der Waals surface area contributed by atoms with Crippen LogP contribution in [0.15, 0.2) is 0 Å². The highest BCUT2D eigenvalue weighted by Crippen LogP contribution is 2.23. The van der Waals surface area contributed by atoms with Crippen LogP contribution in [-0.4, -0.2) is 35.7 Å². The van der Waals surface area contributed by atoms with Crippen LogP contribution in [0.2, 0.25) is 0 Å². The molecule has 0 aliphatic heterocycles. The van der Waals surface area contributed by atoms with Crippen LogP contribution in [0.4, 0.5) is 4.79 Å². The predicted molar refractivity (Wildman–Crippen MR) is 68.2 cm³/mol. The predicted octanol–water partition coefficient (Wildman–Crippen LogP) is 0.666. The zero-order chi connectivity index (χ0) is 13.5.